The van der Waals surface area contributed by atoms with E-state index in [0.717, 1.165) is 102 Å². The monoisotopic (exact) mass is 1310 g/mol. The second-order valence-corrected chi connectivity index (χ2v) is 29.1. The van der Waals surface area contributed by atoms with Crippen molar-refractivity contribution >= 4 is 39.5 Å². The smallest absolute Gasteiger partial charge is 0.462 e. The summed E-state index contributed by atoms with van der Waals surface area (Å²) in [5, 5.41) is 10.6. The number of hydrogen-bond donors (Lipinski definition) is 3. The fraction of sp³-hybridized carbons (Fsp3) is 0.943. The highest BCUT2D eigenvalue weighted by Gasteiger charge is 2.30. The Morgan fingerprint density at radius 1 is 0.303 bits per heavy atom. The summed E-state index contributed by atoms with van der Waals surface area (Å²) in [5.41, 5.74) is 0. The maximum atomic E-state index is 13.0. The van der Waals surface area contributed by atoms with Crippen LogP contribution in [-0.4, -0.2) is 96.7 Å². The molecule has 17 nitrogen and oxygen atoms in total. The number of phosphoric acid groups is 2. The summed E-state index contributed by atoms with van der Waals surface area (Å²) < 4.78 is 68.2. The molecule has 0 aromatic heterocycles. The van der Waals surface area contributed by atoms with Gasteiger partial charge in [-0.15, -0.1) is 0 Å². The molecule has 0 aromatic rings. The van der Waals surface area contributed by atoms with Crippen molar-refractivity contribution in [2.45, 2.75) is 374 Å². The molecule has 0 aliphatic rings. The molecule has 0 aliphatic heterocycles. The van der Waals surface area contributed by atoms with Crippen LogP contribution in [0.25, 0.3) is 0 Å². The number of esters is 4. The number of carbonyl (C=O) groups excluding carboxylic acids is 4. The fourth-order valence-electron chi connectivity index (χ4n) is 10.6. The molecule has 0 saturated carbocycles. The van der Waals surface area contributed by atoms with Crippen LogP contribution in [0.3, 0.4) is 0 Å². The van der Waals surface area contributed by atoms with Crippen molar-refractivity contribution in [2.24, 2.45) is 11.8 Å². The highest BCUT2D eigenvalue weighted by molar-refractivity contribution is 7.47. The number of ether oxygens (including phenoxy) is 4. The van der Waals surface area contributed by atoms with E-state index in [-0.39, 0.29) is 25.7 Å². The third-order valence-corrected chi connectivity index (χ3v) is 18.1. The Morgan fingerprint density at radius 3 is 0.764 bits per heavy atom. The van der Waals surface area contributed by atoms with Gasteiger partial charge in [0.05, 0.1) is 26.4 Å². The zero-order valence-corrected chi connectivity index (χ0v) is 59.5. The van der Waals surface area contributed by atoms with Crippen molar-refractivity contribution < 1.29 is 80.2 Å². The summed E-state index contributed by atoms with van der Waals surface area (Å²) >= 11 is 0. The standard InChI is InChI=1S/C70H136O17P2/c1-7-9-11-13-15-17-18-19-24-27-30-34-41-47-53-68(73)81-58-65(86-69(74)54-48-42-35-31-28-25-22-20-21-23-26-29-32-38-44-50-62(3)4)60-84-88(76,77)82-56-64(71)57-83-89(78,79)85-61-66(59-80-67(72)52-46-40-33-16-14-12-10-8-2)87-70(75)55-49-43-37-36-39-45-51-63(5)6/h62-66,71H,7-61H2,1-6H3,(H,76,77)(H,78,79)/t64-,65-,66-/m1/s1. The van der Waals surface area contributed by atoms with E-state index < -0.39 is 97.5 Å². The second kappa shape index (κ2) is 62.2. The second-order valence-electron chi connectivity index (χ2n) is 26.2. The summed E-state index contributed by atoms with van der Waals surface area (Å²) in [7, 11) is -9.89. The molecule has 0 spiro atoms. The zero-order chi connectivity index (χ0) is 65.7. The molecule has 2 unspecified atom stereocenters. The van der Waals surface area contributed by atoms with Gasteiger partial charge in [0.1, 0.15) is 19.3 Å². The normalized spacial score (nSPS) is 14.1. The Hall–Kier alpha value is -1.94. The first-order chi connectivity index (χ1) is 42.9. The zero-order valence-electron chi connectivity index (χ0n) is 57.7. The van der Waals surface area contributed by atoms with Crippen LogP contribution >= 0.6 is 15.6 Å². The third-order valence-electron chi connectivity index (χ3n) is 16.2. The number of phosphoric ester groups is 2. The highest BCUT2D eigenvalue weighted by Crippen LogP contribution is 2.45. The molecule has 0 aromatic carbocycles. The minimum absolute atomic E-state index is 0.102. The molecular formula is C70H136O17P2. The predicted molar refractivity (Wildman–Crippen MR) is 358 cm³/mol. The molecule has 0 aliphatic carbocycles. The van der Waals surface area contributed by atoms with Crippen molar-refractivity contribution in [1.82, 2.24) is 0 Å². The van der Waals surface area contributed by atoms with Gasteiger partial charge in [-0.2, -0.15) is 0 Å². The first-order valence-corrected chi connectivity index (χ1v) is 39.5. The Bertz CT molecular complexity index is 1730. The molecule has 0 bridgehead atoms. The van der Waals surface area contributed by atoms with E-state index in [0.29, 0.717) is 31.6 Å². The predicted octanol–water partition coefficient (Wildman–Crippen LogP) is 20.0. The number of unbranched alkanes of at least 4 members (excludes halogenated alkanes) is 39. The van der Waals surface area contributed by atoms with Gasteiger partial charge >= 0.3 is 39.5 Å². The number of carbonyl (C=O) groups is 4. The third kappa shape index (κ3) is 64.6. The Morgan fingerprint density at radius 2 is 0.517 bits per heavy atom. The lowest BCUT2D eigenvalue weighted by Gasteiger charge is -2.21. The van der Waals surface area contributed by atoms with E-state index in [2.05, 4.69) is 41.5 Å². The topological polar surface area (TPSA) is 237 Å². The summed E-state index contributed by atoms with van der Waals surface area (Å²) in [6, 6.07) is 0. The first-order valence-electron chi connectivity index (χ1n) is 36.5. The maximum Gasteiger partial charge on any atom is 0.472 e. The van der Waals surface area contributed by atoms with Gasteiger partial charge in [-0.1, -0.05) is 305 Å². The summed E-state index contributed by atoms with van der Waals surface area (Å²) in [6.45, 7) is 9.46. The molecule has 0 saturated heterocycles. The van der Waals surface area contributed by atoms with Gasteiger partial charge in [-0.05, 0) is 37.5 Å². The molecule has 0 rings (SSSR count). The highest BCUT2D eigenvalue weighted by atomic mass is 31.2. The molecule has 528 valence electrons. The van der Waals surface area contributed by atoms with Gasteiger partial charge in [0, 0.05) is 25.7 Å². The van der Waals surface area contributed by atoms with Crippen molar-refractivity contribution in [2.75, 3.05) is 39.6 Å². The SMILES string of the molecule is CCCCCCCCCCCCCCCCC(=O)OC[C@H](COP(=O)(O)OC[C@@H](O)COP(=O)(O)OC[C@@H](COC(=O)CCCCCCCCCC)OC(=O)CCCCCCCCC(C)C)OC(=O)CCCCCCCCCCCCCCCCCC(C)C. The van der Waals surface area contributed by atoms with Gasteiger partial charge < -0.3 is 33.8 Å². The molecule has 19 heteroatoms. The van der Waals surface area contributed by atoms with E-state index >= 15 is 0 Å². The number of hydrogen-bond acceptors (Lipinski definition) is 15. The fourth-order valence-corrected chi connectivity index (χ4v) is 12.2. The van der Waals surface area contributed by atoms with Crippen molar-refractivity contribution in [1.29, 1.82) is 0 Å². The van der Waals surface area contributed by atoms with E-state index in [9.17, 15) is 43.2 Å². The van der Waals surface area contributed by atoms with Crippen LogP contribution in [0.5, 0.6) is 0 Å². The van der Waals surface area contributed by atoms with Crippen LogP contribution in [-0.2, 0) is 65.4 Å². The van der Waals surface area contributed by atoms with Gasteiger partial charge in [-0.25, -0.2) is 9.13 Å². The van der Waals surface area contributed by atoms with E-state index in [1.807, 2.05) is 0 Å². The van der Waals surface area contributed by atoms with Gasteiger partial charge in [-0.3, -0.25) is 37.3 Å². The molecule has 0 amide bonds. The van der Waals surface area contributed by atoms with Crippen LogP contribution in [0.2, 0.25) is 0 Å². The molecule has 3 N–H and O–H groups in total. The van der Waals surface area contributed by atoms with Gasteiger partial charge in [0.2, 0.25) is 0 Å². The van der Waals surface area contributed by atoms with Gasteiger partial charge in [0.25, 0.3) is 0 Å². The Kier molecular flexibility index (Phi) is 60.8. The van der Waals surface area contributed by atoms with Crippen molar-refractivity contribution in [3.63, 3.8) is 0 Å². The summed E-state index contributed by atoms with van der Waals surface area (Å²) in [4.78, 5) is 72.4. The van der Waals surface area contributed by atoms with Crippen LogP contribution < -0.4 is 0 Å². The molecule has 5 atom stereocenters. The van der Waals surface area contributed by atoms with Crippen LogP contribution in [0.1, 0.15) is 356 Å². The van der Waals surface area contributed by atoms with E-state index in [4.69, 9.17) is 37.0 Å². The average Bonchev–Trinajstić information content (AvgIpc) is 3.69. The first kappa shape index (κ1) is 87.1. The maximum absolute atomic E-state index is 13.0. The Balaban J connectivity index is 5.19. The minimum atomic E-state index is -4.95. The summed E-state index contributed by atoms with van der Waals surface area (Å²) in [6.07, 6.45) is 47.4. The molecular weight excluding hydrogens is 1170 g/mol. The molecule has 0 heterocycles. The quantitative estimate of drug-likeness (QED) is 0.0222. The van der Waals surface area contributed by atoms with Crippen LogP contribution in [0.15, 0.2) is 0 Å². The number of aliphatic hydroxyl groups excluding tert-OH is 1. The van der Waals surface area contributed by atoms with Crippen molar-refractivity contribution in [3.8, 4) is 0 Å². The lowest BCUT2D eigenvalue weighted by Crippen LogP contribution is -2.30. The largest absolute Gasteiger partial charge is 0.472 e. The average molecular weight is 1310 g/mol. The lowest BCUT2D eigenvalue weighted by atomic mass is 10.0. The Labute approximate surface area is 543 Å². The number of aliphatic hydroxyl groups is 1. The molecule has 0 fully saturated rings. The van der Waals surface area contributed by atoms with E-state index in [1.165, 1.54) is 167 Å². The molecule has 89 heavy (non-hydrogen) atoms. The molecule has 0 radical (unpaired) electrons. The summed E-state index contributed by atoms with van der Waals surface area (Å²) in [5.74, 6) is -0.658. The van der Waals surface area contributed by atoms with Crippen LogP contribution in [0.4, 0.5) is 0 Å². The minimum Gasteiger partial charge on any atom is -0.462 e. The van der Waals surface area contributed by atoms with Gasteiger partial charge in [0.15, 0.2) is 12.2 Å². The van der Waals surface area contributed by atoms with Crippen molar-refractivity contribution in [3.05, 3.63) is 0 Å². The van der Waals surface area contributed by atoms with Crippen LogP contribution in [0, 0.1) is 11.8 Å². The van der Waals surface area contributed by atoms with E-state index in [1.54, 1.807) is 0 Å². The number of rotatable bonds is 69. The lowest BCUT2D eigenvalue weighted by molar-refractivity contribution is -0.161.